The molecule has 1 aliphatic heterocycles. The van der Waals surface area contributed by atoms with Gasteiger partial charge < -0.3 is 9.26 Å². The van der Waals surface area contributed by atoms with Crippen molar-refractivity contribution in [3.8, 4) is 17.1 Å². The molecule has 1 aromatic heterocycles. The molecule has 130 valence electrons. The van der Waals surface area contributed by atoms with Gasteiger partial charge in [-0.2, -0.15) is 4.98 Å². The summed E-state index contributed by atoms with van der Waals surface area (Å²) in [6, 6.07) is 7.47. The summed E-state index contributed by atoms with van der Waals surface area (Å²) >= 11 is 0. The predicted molar refractivity (Wildman–Crippen MR) is 85.2 cm³/mol. The van der Waals surface area contributed by atoms with Gasteiger partial charge in [0.05, 0.1) is 13.7 Å². The van der Waals surface area contributed by atoms with Gasteiger partial charge in [0.15, 0.2) is 0 Å². The first-order valence-corrected chi connectivity index (χ1v) is 8.11. The summed E-state index contributed by atoms with van der Waals surface area (Å²) < 4.78 is 35.3. The third kappa shape index (κ3) is 4.29. The van der Waals surface area contributed by atoms with E-state index in [2.05, 4.69) is 10.1 Å². The average Bonchev–Trinajstić information content (AvgIpc) is 3.05. The van der Waals surface area contributed by atoms with E-state index < -0.39 is 6.43 Å². The Morgan fingerprint density at radius 1 is 1.25 bits per heavy atom. The summed E-state index contributed by atoms with van der Waals surface area (Å²) in [7, 11) is 1.62. The highest BCUT2D eigenvalue weighted by molar-refractivity contribution is 5.55. The van der Waals surface area contributed by atoms with Crippen LogP contribution in [0.3, 0.4) is 0 Å². The van der Waals surface area contributed by atoms with E-state index in [1.54, 1.807) is 7.11 Å². The summed E-state index contributed by atoms with van der Waals surface area (Å²) in [6.07, 6.45) is 0.204. The Labute approximate surface area is 139 Å². The molecule has 5 nitrogen and oxygen atoms in total. The zero-order chi connectivity index (χ0) is 16.9. The molecular weight excluding hydrogens is 316 g/mol. The molecule has 0 unspecified atom stereocenters. The SMILES string of the molecule is COc1ccc(-c2noc(CC3CCN(CC(F)F)CC3)n2)cc1. The second-order valence-electron chi connectivity index (χ2n) is 6.08. The van der Waals surface area contributed by atoms with Gasteiger partial charge in [-0.05, 0) is 56.1 Å². The van der Waals surface area contributed by atoms with Crippen molar-refractivity contribution in [1.29, 1.82) is 0 Å². The fourth-order valence-corrected chi connectivity index (χ4v) is 3.01. The molecule has 0 atom stereocenters. The number of halogens is 2. The van der Waals surface area contributed by atoms with Crippen LogP contribution in [0, 0.1) is 5.92 Å². The number of aromatic nitrogens is 2. The zero-order valence-corrected chi connectivity index (χ0v) is 13.6. The molecule has 2 aromatic rings. The molecule has 1 fully saturated rings. The van der Waals surface area contributed by atoms with Gasteiger partial charge in [0, 0.05) is 12.0 Å². The number of benzene rings is 1. The van der Waals surface area contributed by atoms with Crippen LogP contribution in [0.2, 0.25) is 0 Å². The predicted octanol–water partition coefficient (Wildman–Crippen LogP) is 3.26. The van der Waals surface area contributed by atoms with Crippen molar-refractivity contribution >= 4 is 0 Å². The molecule has 7 heteroatoms. The molecule has 0 saturated carbocycles. The number of nitrogens with zero attached hydrogens (tertiary/aromatic N) is 3. The van der Waals surface area contributed by atoms with E-state index in [1.165, 1.54) is 0 Å². The fraction of sp³-hybridized carbons (Fsp3) is 0.529. The van der Waals surface area contributed by atoms with Crippen molar-refractivity contribution in [3.63, 3.8) is 0 Å². The topological polar surface area (TPSA) is 51.4 Å². The highest BCUT2D eigenvalue weighted by Gasteiger charge is 2.23. The maximum Gasteiger partial charge on any atom is 0.251 e. The lowest BCUT2D eigenvalue weighted by Crippen LogP contribution is -2.37. The molecule has 3 rings (SSSR count). The van der Waals surface area contributed by atoms with Crippen molar-refractivity contribution < 1.29 is 18.0 Å². The summed E-state index contributed by atoms with van der Waals surface area (Å²) in [6.45, 7) is 1.28. The first-order chi connectivity index (χ1) is 11.6. The second kappa shape index (κ2) is 7.70. The monoisotopic (exact) mass is 337 g/mol. The van der Waals surface area contributed by atoms with Crippen LogP contribution in [0.5, 0.6) is 5.75 Å². The Kier molecular flexibility index (Phi) is 5.40. The largest absolute Gasteiger partial charge is 0.497 e. The van der Waals surface area contributed by atoms with Gasteiger partial charge in [-0.1, -0.05) is 5.16 Å². The number of rotatable bonds is 6. The minimum atomic E-state index is -2.26. The van der Waals surface area contributed by atoms with Gasteiger partial charge in [-0.3, -0.25) is 4.90 Å². The van der Waals surface area contributed by atoms with Gasteiger partial charge >= 0.3 is 0 Å². The molecule has 0 radical (unpaired) electrons. The lowest BCUT2D eigenvalue weighted by molar-refractivity contribution is 0.0681. The second-order valence-corrected chi connectivity index (χ2v) is 6.08. The maximum absolute atomic E-state index is 12.4. The normalized spacial score (nSPS) is 16.7. The molecule has 0 aliphatic carbocycles. The summed E-state index contributed by atoms with van der Waals surface area (Å²) in [5, 5.41) is 4.03. The van der Waals surface area contributed by atoms with E-state index in [4.69, 9.17) is 9.26 Å². The van der Waals surface area contributed by atoms with Gasteiger partial charge in [-0.15, -0.1) is 0 Å². The van der Waals surface area contributed by atoms with E-state index in [9.17, 15) is 8.78 Å². The van der Waals surface area contributed by atoms with Gasteiger partial charge in [-0.25, -0.2) is 8.78 Å². The highest BCUT2D eigenvalue weighted by atomic mass is 19.3. The molecule has 1 aromatic carbocycles. The van der Waals surface area contributed by atoms with Crippen molar-refractivity contribution in [2.75, 3.05) is 26.7 Å². The molecule has 24 heavy (non-hydrogen) atoms. The Hall–Kier alpha value is -2.02. The minimum absolute atomic E-state index is 0.130. The number of piperidine rings is 1. The van der Waals surface area contributed by atoms with E-state index in [0.29, 0.717) is 37.1 Å². The van der Waals surface area contributed by atoms with E-state index >= 15 is 0 Å². The van der Waals surface area contributed by atoms with Crippen LogP contribution >= 0.6 is 0 Å². The summed E-state index contributed by atoms with van der Waals surface area (Å²) in [4.78, 5) is 6.26. The van der Waals surface area contributed by atoms with Crippen LogP contribution in [0.4, 0.5) is 8.78 Å². The standard InChI is InChI=1S/C17H21F2N3O2/c1-23-14-4-2-13(3-5-14)17-20-16(24-21-17)10-12-6-8-22(9-7-12)11-15(18)19/h2-5,12,15H,6-11H2,1H3. The van der Waals surface area contributed by atoms with Crippen LogP contribution in [-0.4, -0.2) is 48.2 Å². The lowest BCUT2D eigenvalue weighted by Gasteiger charge is -2.30. The highest BCUT2D eigenvalue weighted by Crippen LogP contribution is 2.24. The van der Waals surface area contributed by atoms with E-state index in [0.717, 1.165) is 24.2 Å². The average molecular weight is 337 g/mol. The fourth-order valence-electron chi connectivity index (χ4n) is 3.01. The Morgan fingerprint density at radius 2 is 1.96 bits per heavy atom. The Bertz CT molecular complexity index is 638. The third-order valence-corrected chi connectivity index (χ3v) is 4.38. The van der Waals surface area contributed by atoms with Crippen molar-refractivity contribution in [2.24, 2.45) is 5.92 Å². The molecule has 1 saturated heterocycles. The van der Waals surface area contributed by atoms with Crippen molar-refractivity contribution in [3.05, 3.63) is 30.2 Å². The molecular formula is C17H21F2N3O2. The molecule has 0 N–H and O–H groups in total. The molecule has 0 bridgehead atoms. The number of methoxy groups -OCH3 is 1. The van der Waals surface area contributed by atoms with Gasteiger partial charge in [0.2, 0.25) is 11.7 Å². The maximum atomic E-state index is 12.4. The van der Waals surface area contributed by atoms with Gasteiger partial charge in [0.25, 0.3) is 6.43 Å². The van der Waals surface area contributed by atoms with Crippen LogP contribution in [-0.2, 0) is 6.42 Å². The minimum Gasteiger partial charge on any atom is -0.497 e. The summed E-state index contributed by atoms with van der Waals surface area (Å²) in [5.41, 5.74) is 0.873. The van der Waals surface area contributed by atoms with E-state index in [-0.39, 0.29) is 6.54 Å². The smallest absolute Gasteiger partial charge is 0.251 e. The van der Waals surface area contributed by atoms with Crippen LogP contribution < -0.4 is 4.74 Å². The number of hydrogen-bond donors (Lipinski definition) is 0. The number of alkyl halides is 2. The zero-order valence-electron chi connectivity index (χ0n) is 13.6. The number of hydrogen-bond acceptors (Lipinski definition) is 5. The molecule has 2 heterocycles. The lowest BCUT2D eigenvalue weighted by atomic mass is 9.93. The summed E-state index contributed by atoms with van der Waals surface area (Å²) in [5.74, 6) is 2.34. The van der Waals surface area contributed by atoms with Gasteiger partial charge in [0.1, 0.15) is 5.75 Å². The molecule has 1 aliphatic rings. The Morgan fingerprint density at radius 3 is 2.58 bits per heavy atom. The van der Waals surface area contributed by atoms with Crippen molar-refractivity contribution in [2.45, 2.75) is 25.7 Å². The third-order valence-electron chi connectivity index (χ3n) is 4.38. The number of ether oxygens (including phenoxy) is 1. The molecule has 0 amide bonds. The first kappa shape index (κ1) is 16.8. The van der Waals surface area contributed by atoms with Crippen molar-refractivity contribution in [1.82, 2.24) is 15.0 Å². The number of likely N-dealkylation sites (tertiary alicyclic amines) is 1. The first-order valence-electron chi connectivity index (χ1n) is 8.11. The van der Waals surface area contributed by atoms with Crippen LogP contribution in [0.25, 0.3) is 11.4 Å². The van der Waals surface area contributed by atoms with Crippen LogP contribution in [0.1, 0.15) is 18.7 Å². The van der Waals surface area contributed by atoms with E-state index in [1.807, 2.05) is 29.2 Å². The Balaban J connectivity index is 1.54. The van der Waals surface area contributed by atoms with Crippen LogP contribution in [0.15, 0.2) is 28.8 Å². The quantitative estimate of drug-likeness (QED) is 0.810. The molecule has 0 spiro atoms.